The van der Waals surface area contributed by atoms with Crippen molar-refractivity contribution in [3.8, 4) is 0 Å². The van der Waals surface area contributed by atoms with Gasteiger partial charge in [0.1, 0.15) is 12.6 Å². The van der Waals surface area contributed by atoms with Gasteiger partial charge >= 0.3 is 5.97 Å². The Morgan fingerprint density at radius 3 is 2.59 bits per heavy atom. The number of piperidine rings is 1. The summed E-state index contributed by atoms with van der Waals surface area (Å²) in [5, 5.41) is 2.29. The molecule has 3 amide bonds. The molecule has 0 aliphatic carbocycles. The molecule has 2 heterocycles. The van der Waals surface area contributed by atoms with Crippen LogP contribution in [0.3, 0.4) is 0 Å². The van der Waals surface area contributed by atoms with Gasteiger partial charge in [0.05, 0.1) is 26.4 Å². The van der Waals surface area contributed by atoms with E-state index in [9.17, 15) is 19.2 Å². The number of esters is 1. The molecule has 0 bridgehead atoms. The molecule has 10 nitrogen and oxygen atoms in total. The zero-order valence-corrected chi connectivity index (χ0v) is 18.0. The van der Waals surface area contributed by atoms with Crippen LogP contribution in [0.4, 0.5) is 0 Å². The van der Waals surface area contributed by atoms with Gasteiger partial charge in [-0.25, -0.2) is 0 Å². The molecule has 1 aromatic carbocycles. The first-order valence-corrected chi connectivity index (χ1v) is 10.8. The second kappa shape index (κ2) is 11.7. The van der Waals surface area contributed by atoms with Crippen LogP contribution in [-0.2, 0) is 41.6 Å². The summed E-state index contributed by atoms with van der Waals surface area (Å²) in [4.78, 5) is 49.6. The van der Waals surface area contributed by atoms with Crippen LogP contribution in [0.2, 0.25) is 0 Å². The number of nitrogens with two attached hydrogens (primary N) is 1. The number of carbonyl (C=O) groups is 4. The Balaban J connectivity index is 1.41. The lowest BCUT2D eigenvalue weighted by Gasteiger charge is -2.29. The molecule has 0 aromatic heterocycles. The average molecular weight is 447 g/mol. The minimum atomic E-state index is -0.638. The molecular weight excluding hydrogens is 418 g/mol. The van der Waals surface area contributed by atoms with Crippen molar-refractivity contribution in [1.82, 2.24) is 10.2 Å². The number of ether oxygens (including phenoxy) is 3. The van der Waals surface area contributed by atoms with E-state index in [0.717, 1.165) is 11.1 Å². The first-order valence-electron chi connectivity index (χ1n) is 10.8. The number of hydrogen-bond donors (Lipinski definition) is 2. The number of hydrogen-bond acceptors (Lipinski definition) is 8. The van der Waals surface area contributed by atoms with E-state index in [1.165, 1.54) is 4.90 Å². The van der Waals surface area contributed by atoms with E-state index in [1.807, 2.05) is 12.1 Å². The third-order valence-corrected chi connectivity index (χ3v) is 5.33. The fourth-order valence-electron chi connectivity index (χ4n) is 3.72. The summed E-state index contributed by atoms with van der Waals surface area (Å²) in [5.74, 6) is -1.28. The molecule has 1 atom stereocenters. The maximum Gasteiger partial charge on any atom is 0.306 e. The first kappa shape index (κ1) is 23.8. The molecule has 0 spiro atoms. The predicted molar refractivity (Wildman–Crippen MR) is 112 cm³/mol. The van der Waals surface area contributed by atoms with E-state index in [4.69, 9.17) is 19.9 Å². The Kier molecular flexibility index (Phi) is 8.72. The van der Waals surface area contributed by atoms with Gasteiger partial charge in [-0.05, 0) is 30.0 Å². The summed E-state index contributed by atoms with van der Waals surface area (Å²) in [6.07, 6.45) is 1.24. The molecule has 2 aliphatic rings. The van der Waals surface area contributed by atoms with Gasteiger partial charge in [0.25, 0.3) is 5.91 Å². The SMILES string of the molecule is NCCOCCOCCOC(=O)CCc1ccc2c(c1)CN(C1CCC(=O)NC1=O)C2=O. The number of fused-ring (bicyclic) bond motifs is 1. The minimum Gasteiger partial charge on any atom is -0.463 e. The van der Waals surface area contributed by atoms with Crippen molar-refractivity contribution in [3.63, 3.8) is 0 Å². The van der Waals surface area contributed by atoms with E-state index in [-0.39, 0.29) is 37.2 Å². The summed E-state index contributed by atoms with van der Waals surface area (Å²) in [6.45, 7) is 2.61. The van der Waals surface area contributed by atoms with Crippen molar-refractivity contribution in [2.24, 2.45) is 5.73 Å². The summed E-state index contributed by atoms with van der Waals surface area (Å²) in [5.41, 5.74) is 7.58. The number of amides is 3. The Hall–Kier alpha value is -2.82. The van der Waals surface area contributed by atoms with Crippen LogP contribution in [0, 0.1) is 0 Å². The third-order valence-electron chi connectivity index (χ3n) is 5.33. The van der Waals surface area contributed by atoms with E-state index in [1.54, 1.807) is 6.07 Å². The summed E-state index contributed by atoms with van der Waals surface area (Å²) in [6, 6.07) is 4.78. The topological polar surface area (TPSA) is 137 Å². The normalized spacial score (nSPS) is 18.0. The van der Waals surface area contributed by atoms with Crippen LogP contribution in [0.1, 0.15) is 40.7 Å². The van der Waals surface area contributed by atoms with Gasteiger partial charge in [-0.2, -0.15) is 0 Å². The van der Waals surface area contributed by atoms with Crippen LogP contribution in [0.5, 0.6) is 0 Å². The zero-order chi connectivity index (χ0) is 22.9. The average Bonchev–Trinajstić information content (AvgIpc) is 3.09. The van der Waals surface area contributed by atoms with Crippen LogP contribution < -0.4 is 11.1 Å². The standard InChI is InChI=1S/C22H29N3O7/c23-7-8-30-9-10-31-11-12-32-20(27)6-2-15-1-3-17-16(13-15)14-25(22(17)29)18-4-5-19(26)24-21(18)28/h1,3,13,18H,2,4-12,14,23H2,(H,24,26,28). The number of nitrogens with one attached hydrogen (secondary N) is 1. The predicted octanol–water partition coefficient (Wildman–Crippen LogP) is -0.0847. The number of imide groups is 1. The van der Waals surface area contributed by atoms with Crippen molar-refractivity contribution in [2.75, 3.05) is 39.6 Å². The maximum absolute atomic E-state index is 12.7. The van der Waals surface area contributed by atoms with Crippen LogP contribution in [0.25, 0.3) is 0 Å². The number of carbonyl (C=O) groups excluding carboxylic acids is 4. The van der Waals surface area contributed by atoms with Crippen LogP contribution in [0.15, 0.2) is 18.2 Å². The molecule has 3 N–H and O–H groups in total. The third kappa shape index (κ3) is 6.35. The fourth-order valence-corrected chi connectivity index (χ4v) is 3.72. The molecule has 1 aromatic rings. The highest BCUT2D eigenvalue weighted by molar-refractivity contribution is 6.05. The smallest absolute Gasteiger partial charge is 0.306 e. The number of nitrogens with zero attached hydrogens (tertiary/aromatic N) is 1. The highest BCUT2D eigenvalue weighted by Crippen LogP contribution is 2.28. The fraction of sp³-hybridized carbons (Fsp3) is 0.545. The van der Waals surface area contributed by atoms with Gasteiger partial charge in [0.15, 0.2) is 0 Å². The quantitative estimate of drug-likeness (QED) is 0.258. The lowest BCUT2D eigenvalue weighted by atomic mass is 10.0. The van der Waals surface area contributed by atoms with E-state index >= 15 is 0 Å². The van der Waals surface area contributed by atoms with Gasteiger partial charge in [-0.3, -0.25) is 24.5 Å². The monoisotopic (exact) mass is 447 g/mol. The van der Waals surface area contributed by atoms with Gasteiger partial charge in [-0.15, -0.1) is 0 Å². The van der Waals surface area contributed by atoms with Crippen molar-refractivity contribution < 1.29 is 33.4 Å². The lowest BCUT2D eigenvalue weighted by molar-refractivity contribution is -0.145. The molecule has 1 fully saturated rings. The van der Waals surface area contributed by atoms with Crippen molar-refractivity contribution in [1.29, 1.82) is 0 Å². The highest BCUT2D eigenvalue weighted by Gasteiger charge is 2.39. The maximum atomic E-state index is 12.7. The summed E-state index contributed by atoms with van der Waals surface area (Å²) < 4.78 is 15.6. The lowest BCUT2D eigenvalue weighted by Crippen LogP contribution is -2.52. The highest BCUT2D eigenvalue weighted by atomic mass is 16.6. The van der Waals surface area contributed by atoms with Crippen molar-refractivity contribution in [3.05, 3.63) is 34.9 Å². The largest absolute Gasteiger partial charge is 0.463 e. The molecule has 2 aliphatic heterocycles. The number of benzene rings is 1. The molecule has 0 radical (unpaired) electrons. The van der Waals surface area contributed by atoms with E-state index in [0.29, 0.717) is 57.9 Å². The molecular formula is C22H29N3O7. The molecule has 10 heteroatoms. The number of rotatable bonds is 12. The zero-order valence-electron chi connectivity index (χ0n) is 18.0. The Morgan fingerprint density at radius 2 is 1.84 bits per heavy atom. The van der Waals surface area contributed by atoms with Crippen molar-refractivity contribution in [2.45, 2.75) is 38.3 Å². The van der Waals surface area contributed by atoms with E-state index in [2.05, 4.69) is 5.32 Å². The minimum absolute atomic E-state index is 0.176. The van der Waals surface area contributed by atoms with Crippen LogP contribution >= 0.6 is 0 Å². The van der Waals surface area contributed by atoms with Gasteiger partial charge < -0.3 is 24.8 Å². The first-order chi connectivity index (χ1) is 15.5. The van der Waals surface area contributed by atoms with E-state index < -0.39 is 11.9 Å². The molecule has 1 unspecified atom stereocenters. The van der Waals surface area contributed by atoms with Crippen LogP contribution in [-0.4, -0.2) is 74.2 Å². The second-order valence-corrected chi connectivity index (χ2v) is 7.63. The molecule has 1 saturated heterocycles. The molecule has 0 saturated carbocycles. The summed E-state index contributed by atoms with van der Waals surface area (Å²) >= 11 is 0. The Bertz CT molecular complexity index is 858. The summed E-state index contributed by atoms with van der Waals surface area (Å²) in [7, 11) is 0. The number of aryl methyl sites for hydroxylation is 1. The van der Waals surface area contributed by atoms with Gasteiger partial charge in [0, 0.05) is 31.5 Å². The Morgan fingerprint density at radius 1 is 1.09 bits per heavy atom. The Labute approximate surface area is 186 Å². The molecule has 32 heavy (non-hydrogen) atoms. The van der Waals surface area contributed by atoms with Gasteiger partial charge in [-0.1, -0.05) is 12.1 Å². The molecule has 174 valence electrons. The second-order valence-electron chi connectivity index (χ2n) is 7.63. The molecule has 3 rings (SSSR count). The van der Waals surface area contributed by atoms with Crippen molar-refractivity contribution >= 4 is 23.7 Å². The van der Waals surface area contributed by atoms with Gasteiger partial charge in [0.2, 0.25) is 11.8 Å².